The number of fused-ring (bicyclic) bond motifs is 1. The number of para-hydroxylation sites is 2. The Labute approximate surface area is 154 Å². The standard InChI is InChI=1S/C17H25N3O5S/c1-18(11-14-13-24-15-5-3-4-6-16(15)25-14)12-17(21)19-7-9-20(10-8-19)26(2,22)23/h3-6,14H,7-13H2,1-2H3. The van der Waals surface area contributed by atoms with Crippen molar-refractivity contribution in [3.63, 3.8) is 0 Å². The van der Waals surface area contributed by atoms with Gasteiger partial charge >= 0.3 is 0 Å². The molecule has 0 bridgehead atoms. The molecule has 0 spiro atoms. The normalized spacial score (nSPS) is 21.0. The van der Waals surface area contributed by atoms with Gasteiger partial charge in [0.1, 0.15) is 12.7 Å². The van der Waals surface area contributed by atoms with Crippen LogP contribution in [0.1, 0.15) is 0 Å². The number of ether oxygens (including phenoxy) is 2. The van der Waals surface area contributed by atoms with E-state index in [4.69, 9.17) is 9.47 Å². The molecule has 1 aromatic carbocycles. The number of carbonyl (C=O) groups excluding carboxylic acids is 1. The van der Waals surface area contributed by atoms with Crippen LogP contribution in [-0.4, -0.2) is 93.7 Å². The van der Waals surface area contributed by atoms with Gasteiger partial charge in [0.15, 0.2) is 11.5 Å². The summed E-state index contributed by atoms with van der Waals surface area (Å²) >= 11 is 0. The third-order valence-electron chi connectivity index (χ3n) is 4.55. The molecule has 1 fully saturated rings. The summed E-state index contributed by atoms with van der Waals surface area (Å²) in [5.74, 6) is 1.46. The highest BCUT2D eigenvalue weighted by Crippen LogP contribution is 2.30. The average molecular weight is 383 g/mol. The minimum atomic E-state index is -3.19. The van der Waals surface area contributed by atoms with Gasteiger partial charge in [-0.15, -0.1) is 0 Å². The van der Waals surface area contributed by atoms with Crippen LogP contribution in [0.5, 0.6) is 11.5 Å². The number of hydrogen-bond donors (Lipinski definition) is 0. The Kier molecular flexibility index (Phi) is 5.69. The van der Waals surface area contributed by atoms with Gasteiger partial charge in [0.2, 0.25) is 15.9 Å². The first kappa shape index (κ1) is 18.9. The van der Waals surface area contributed by atoms with Crippen molar-refractivity contribution >= 4 is 15.9 Å². The number of carbonyl (C=O) groups is 1. The van der Waals surface area contributed by atoms with E-state index in [9.17, 15) is 13.2 Å². The molecule has 1 unspecified atom stereocenters. The minimum absolute atomic E-state index is 0.00206. The van der Waals surface area contributed by atoms with Crippen molar-refractivity contribution < 1.29 is 22.7 Å². The monoisotopic (exact) mass is 383 g/mol. The quantitative estimate of drug-likeness (QED) is 0.704. The van der Waals surface area contributed by atoms with Crippen LogP contribution < -0.4 is 9.47 Å². The number of nitrogens with zero attached hydrogens (tertiary/aromatic N) is 3. The van der Waals surface area contributed by atoms with Gasteiger partial charge < -0.3 is 14.4 Å². The Balaban J connectivity index is 1.45. The maximum absolute atomic E-state index is 12.4. The third kappa shape index (κ3) is 4.66. The molecule has 1 saturated heterocycles. The van der Waals surface area contributed by atoms with Gasteiger partial charge in [-0.3, -0.25) is 9.69 Å². The van der Waals surface area contributed by atoms with E-state index < -0.39 is 10.0 Å². The first-order valence-electron chi connectivity index (χ1n) is 8.63. The van der Waals surface area contributed by atoms with Gasteiger partial charge in [-0.2, -0.15) is 4.31 Å². The summed E-state index contributed by atoms with van der Waals surface area (Å²) < 4.78 is 36.1. The smallest absolute Gasteiger partial charge is 0.236 e. The summed E-state index contributed by atoms with van der Waals surface area (Å²) in [5, 5.41) is 0. The first-order valence-corrected chi connectivity index (χ1v) is 10.5. The SMILES string of the molecule is CN(CC(=O)N1CCN(S(C)(=O)=O)CC1)CC1COc2ccccc2O1. The van der Waals surface area contributed by atoms with E-state index in [0.717, 1.165) is 11.5 Å². The molecular weight excluding hydrogens is 358 g/mol. The van der Waals surface area contributed by atoms with E-state index in [1.165, 1.54) is 10.6 Å². The van der Waals surface area contributed by atoms with Gasteiger partial charge in [0.25, 0.3) is 0 Å². The number of sulfonamides is 1. The van der Waals surface area contributed by atoms with Crippen molar-refractivity contribution in [2.45, 2.75) is 6.10 Å². The number of rotatable bonds is 5. The van der Waals surface area contributed by atoms with E-state index >= 15 is 0 Å². The van der Waals surface area contributed by atoms with Gasteiger partial charge in [-0.05, 0) is 19.2 Å². The molecule has 9 heteroatoms. The molecule has 8 nitrogen and oxygen atoms in total. The fraction of sp³-hybridized carbons (Fsp3) is 0.588. The predicted octanol–water partition coefficient (Wildman–Crippen LogP) is -0.138. The first-order chi connectivity index (χ1) is 12.3. The van der Waals surface area contributed by atoms with Crippen LogP contribution >= 0.6 is 0 Å². The maximum atomic E-state index is 12.4. The Morgan fingerprint density at radius 3 is 2.50 bits per heavy atom. The predicted molar refractivity (Wildman–Crippen MR) is 96.8 cm³/mol. The third-order valence-corrected chi connectivity index (χ3v) is 5.85. The van der Waals surface area contributed by atoms with Crippen LogP contribution in [0.4, 0.5) is 0 Å². The molecule has 0 aromatic heterocycles. The summed E-state index contributed by atoms with van der Waals surface area (Å²) in [6.07, 6.45) is 1.06. The Hall–Kier alpha value is -1.84. The lowest BCUT2D eigenvalue weighted by Gasteiger charge is -2.34. The lowest BCUT2D eigenvalue weighted by molar-refractivity contribution is -0.133. The Bertz CT molecular complexity index is 747. The Morgan fingerprint density at radius 1 is 1.19 bits per heavy atom. The molecule has 2 aliphatic rings. The van der Waals surface area contributed by atoms with Crippen molar-refractivity contribution in [2.75, 3.05) is 59.2 Å². The lowest BCUT2D eigenvalue weighted by atomic mass is 10.2. The Morgan fingerprint density at radius 2 is 1.85 bits per heavy atom. The number of hydrogen-bond acceptors (Lipinski definition) is 6. The summed E-state index contributed by atoms with van der Waals surface area (Å²) in [5.41, 5.74) is 0. The van der Waals surface area contributed by atoms with Crippen LogP contribution in [0.25, 0.3) is 0 Å². The zero-order valence-electron chi connectivity index (χ0n) is 15.1. The highest BCUT2D eigenvalue weighted by atomic mass is 32.2. The average Bonchev–Trinajstić information content (AvgIpc) is 2.61. The van der Waals surface area contributed by atoms with Crippen LogP contribution in [0, 0.1) is 0 Å². The van der Waals surface area contributed by atoms with Crippen molar-refractivity contribution in [3.8, 4) is 11.5 Å². The minimum Gasteiger partial charge on any atom is -0.486 e. The molecule has 2 aliphatic heterocycles. The molecule has 2 heterocycles. The van der Waals surface area contributed by atoms with Crippen molar-refractivity contribution in [1.82, 2.24) is 14.1 Å². The van der Waals surface area contributed by atoms with Crippen LogP contribution in [0.3, 0.4) is 0 Å². The van der Waals surface area contributed by atoms with Crippen molar-refractivity contribution in [2.24, 2.45) is 0 Å². The highest BCUT2D eigenvalue weighted by Gasteiger charge is 2.27. The number of likely N-dealkylation sites (N-methyl/N-ethyl adjacent to an activating group) is 1. The summed E-state index contributed by atoms with van der Waals surface area (Å²) in [6, 6.07) is 7.54. The zero-order valence-corrected chi connectivity index (χ0v) is 15.9. The fourth-order valence-electron chi connectivity index (χ4n) is 3.17. The molecule has 26 heavy (non-hydrogen) atoms. The second-order valence-electron chi connectivity index (χ2n) is 6.74. The van der Waals surface area contributed by atoms with Crippen molar-refractivity contribution in [1.29, 1.82) is 0 Å². The van der Waals surface area contributed by atoms with E-state index in [1.807, 2.05) is 36.2 Å². The van der Waals surface area contributed by atoms with Crippen LogP contribution in [0.15, 0.2) is 24.3 Å². The molecular formula is C17H25N3O5S. The molecule has 3 rings (SSSR count). The van der Waals surface area contributed by atoms with Gasteiger partial charge in [0.05, 0.1) is 12.8 Å². The molecule has 1 aromatic rings. The van der Waals surface area contributed by atoms with E-state index in [1.54, 1.807) is 4.90 Å². The molecule has 1 atom stereocenters. The number of piperazine rings is 1. The molecule has 0 saturated carbocycles. The highest BCUT2D eigenvalue weighted by molar-refractivity contribution is 7.88. The second kappa shape index (κ2) is 7.81. The summed E-state index contributed by atoms with van der Waals surface area (Å²) in [6.45, 7) is 2.84. The molecule has 144 valence electrons. The van der Waals surface area contributed by atoms with Gasteiger partial charge in [0, 0.05) is 32.7 Å². The van der Waals surface area contributed by atoms with Gasteiger partial charge in [-0.1, -0.05) is 12.1 Å². The fourth-order valence-corrected chi connectivity index (χ4v) is 3.99. The van der Waals surface area contributed by atoms with Gasteiger partial charge in [-0.25, -0.2) is 8.42 Å². The molecule has 0 N–H and O–H groups in total. The summed E-state index contributed by atoms with van der Waals surface area (Å²) in [4.78, 5) is 16.1. The van der Waals surface area contributed by atoms with Crippen LogP contribution in [0.2, 0.25) is 0 Å². The van der Waals surface area contributed by atoms with E-state index in [2.05, 4.69) is 0 Å². The lowest BCUT2D eigenvalue weighted by Crippen LogP contribution is -2.52. The number of amides is 1. The molecule has 0 radical (unpaired) electrons. The molecule has 1 amide bonds. The van der Waals surface area contributed by atoms with E-state index in [0.29, 0.717) is 39.3 Å². The van der Waals surface area contributed by atoms with E-state index in [-0.39, 0.29) is 18.6 Å². The topological polar surface area (TPSA) is 79.4 Å². The largest absolute Gasteiger partial charge is 0.486 e. The maximum Gasteiger partial charge on any atom is 0.236 e. The van der Waals surface area contributed by atoms with Crippen molar-refractivity contribution in [3.05, 3.63) is 24.3 Å². The zero-order chi connectivity index (χ0) is 18.7. The summed E-state index contributed by atoms with van der Waals surface area (Å²) in [7, 11) is -1.32. The number of benzene rings is 1. The second-order valence-corrected chi connectivity index (χ2v) is 8.72. The van der Waals surface area contributed by atoms with Crippen LogP contribution in [-0.2, 0) is 14.8 Å². The molecule has 0 aliphatic carbocycles.